The van der Waals surface area contributed by atoms with E-state index in [1.165, 1.54) is 12.1 Å². The number of nitrogens with two attached hydrogens (primary N) is 1. The third-order valence-corrected chi connectivity index (χ3v) is 3.24. The Kier molecular flexibility index (Phi) is 3.47. The molecular formula is C13H14FN3O. The van der Waals surface area contributed by atoms with Crippen LogP contribution in [-0.4, -0.2) is 11.9 Å². The molecule has 1 aromatic carbocycles. The minimum Gasteiger partial charge on any atom is -0.399 e. The lowest BCUT2D eigenvalue weighted by molar-refractivity contribution is 0.0929. The molecule has 0 aromatic heterocycles. The van der Waals surface area contributed by atoms with E-state index in [4.69, 9.17) is 11.0 Å². The summed E-state index contributed by atoms with van der Waals surface area (Å²) in [7, 11) is 0. The number of rotatable bonds is 2. The summed E-state index contributed by atoms with van der Waals surface area (Å²) in [5.41, 5.74) is 5.66. The zero-order valence-electron chi connectivity index (χ0n) is 9.82. The van der Waals surface area contributed by atoms with Gasteiger partial charge in [0.05, 0.1) is 17.6 Å². The summed E-state index contributed by atoms with van der Waals surface area (Å²) in [4.78, 5) is 11.9. The van der Waals surface area contributed by atoms with Gasteiger partial charge in [-0.15, -0.1) is 0 Å². The molecule has 2 unspecified atom stereocenters. The second-order valence-corrected chi connectivity index (χ2v) is 4.49. The average Bonchev–Trinajstić information content (AvgIpc) is 2.76. The van der Waals surface area contributed by atoms with Crippen molar-refractivity contribution in [3.63, 3.8) is 0 Å². The Morgan fingerprint density at radius 3 is 2.94 bits per heavy atom. The third-order valence-electron chi connectivity index (χ3n) is 3.24. The number of nitrogen functional groups attached to an aromatic ring is 1. The lowest BCUT2D eigenvalue weighted by Crippen LogP contribution is -2.37. The van der Waals surface area contributed by atoms with Gasteiger partial charge in [0.25, 0.3) is 5.91 Å². The first-order valence-corrected chi connectivity index (χ1v) is 5.87. The van der Waals surface area contributed by atoms with E-state index in [9.17, 15) is 9.18 Å². The van der Waals surface area contributed by atoms with Gasteiger partial charge in [0.15, 0.2) is 0 Å². The normalized spacial score (nSPS) is 22.4. The number of hydrogen-bond acceptors (Lipinski definition) is 3. The zero-order valence-corrected chi connectivity index (χ0v) is 9.82. The van der Waals surface area contributed by atoms with Crippen LogP contribution in [0.3, 0.4) is 0 Å². The van der Waals surface area contributed by atoms with Crippen molar-refractivity contribution in [3.8, 4) is 6.07 Å². The molecule has 18 heavy (non-hydrogen) atoms. The van der Waals surface area contributed by atoms with Crippen LogP contribution >= 0.6 is 0 Å². The molecule has 1 fully saturated rings. The second kappa shape index (κ2) is 5.05. The summed E-state index contributed by atoms with van der Waals surface area (Å²) in [6.45, 7) is 0. The fraction of sp³-hybridized carbons (Fsp3) is 0.385. The Balaban J connectivity index is 2.10. The highest BCUT2D eigenvalue weighted by molar-refractivity contribution is 5.95. The maximum atomic E-state index is 13.5. The summed E-state index contributed by atoms with van der Waals surface area (Å²) in [6, 6.07) is 5.94. The molecule has 0 heterocycles. The van der Waals surface area contributed by atoms with Crippen molar-refractivity contribution in [2.45, 2.75) is 25.3 Å². The van der Waals surface area contributed by atoms with Crippen molar-refractivity contribution in [1.82, 2.24) is 5.32 Å². The zero-order chi connectivity index (χ0) is 13.1. The van der Waals surface area contributed by atoms with Crippen LogP contribution in [0.4, 0.5) is 10.1 Å². The molecule has 0 radical (unpaired) electrons. The van der Waals surface area contributed by atoms with Gasteiger partial charge in [0.2, 0.25) is 0 Å². The maximum Gasteiger partial charge on any atom is 0.254 e. The number of benzene rings is 1. The lowest BCUT2D eigenvalue weighted by Gasteiger charge is -2.15. The Hall–Kier alpha value is -2.09. The summed E-state index contributed by atoms with van der Waals surface area (Å²) in [5.74, 6) is -1.30. The Morgan fingerprint density at radius 1 is 1.50 bits per heavy atom. The topological polar surface area (TPSA) is 78.9 Å². The molecule has 0 bridgehead atoms. The van der Waals surface area contributed by atoms with Crippen molar-refractivity contribution in [3.05, 3.63) is 29.6 Å². The summed E-state index contributed by atoms with van der Waals surface area (Å²) >= 11 is 0. The van der Waals surface area contributed by atoms with E-state index < -0.39 is 11.7 Å². The summed E-state index contributed by atoms with van der Waals surface area (Å²) in [6.07, 6.45) is 2.46. The Morgan fingerprint density at radius 2 is 2.28 bits per heavy atom. The number of anilines is 1. The molecule has 2 rings (SSSR count). The average molecular weight is 247 g/mol. The van der Waals surface area contributed by atoms with Gasteiger partial charge in [0.1, 0.15) is 5.82 Å². The van der Waals surface area contributed by atoms with Gasteiger partial charge in [-0.25, -0.2) is 4.39 Å². The van der Waals surface area contributed by atoms with Crippen molar-refractivity contribution in [2.75, 3.05) is 5.73 Å². The van der Waals surface area contributed by atoms with Crippen LogP contribution in [0.2, 0.25) is 0 Å². The first-order valence-electron chi connectivity index (χ1n) is 5.87. The van der Waals surface area contributed by atoms with Gasteiger partial charge >= 0.3 is 0 Å². The van der Waals surface area contributed by atoms with E-state index in [1.807, 2.05) is 0 Å². The standard InChI is InChI=1S/C13H14FN3O/c14-11-6-9(16)4-5-10(11)13(18)17-12-3-1-2-8(12)7-15/h4-6,8,12H,1-3,16H2,(H,17,18). The van der Waals surface area contributed by atoms with E-state index in [0.717, 1.165) is 25.3 Å². The lowest BCUT2D eigenvalue weighted by atomic mass is 10.1. The number of halogens is 1. The fourth-order valence-electron chi connectivity index (χ4n) is 2.25. The first-order chi connectivity index (χ1) is 8.61. The quantitative estimate of drug-likeness (QED) is 0.782. The Labute approximate surface area is 105 Å². The van der Waals surface area contributed by atoms with Crippen LogP contribution in [0.5, 0.6) is 0 Å². The molecule has 2 atom stereocenters. The molecule has 94 valence electrons. The SMILES string of the molecule is N#CC1CCCC1NC(=O)c1ccc(N)cc1F. The maximum absolute atomic E-state index is 13.5. The molecule has 4 nitrogen and oxygen atoms in total. The van der Waals surface area contributed by atoms with Gasteiger partial charge in [-0.05, 0) is 37.5 Å². The number of nitrogens with one attached hydrogen (secondary N) is 1. The molecule has 1 aromatic rings. The predicted molar refractivity (Wildman–Crippen MR) is 65.0 cm³/mol. The highest BCUT2D eigenvalue weighted by Gasteiger charge is 2.29. The molecule has 0 spiro atoms. The molecule has 1 amide bonds. The van der Waals surface area contributed by atoms with Crippen LogP contribution in [0, 0.1) is 23.1 Å². The molecule has 0 aliphatic heterocycles. The molecule has 1 saturated carbocycles. The van der Waals surface area contributed by atoms with Crippen LogP contribution < -0.4 is 11.1 Å². The first kappa shape index (κ1) is 12.4. The highest BCUT2D eigenvalue weighted by atomic mass is 19.1. The minimum atomic E-state index is -0.640. The van der Waals surface area contributed by atoms with E-state index in [1.54, 1.807) is 0 Å². The van der Waals surface area contributed by atoms with Crippen LogP contribution in [0.1, 0.15) is 29.6 Å². The summed E-state index contributed by atoms with van der Waals surface area (Å²) in [5, 5.41) is 11.6. The van der Waals surface area contributed by atoms with Crippen LogP contribution in [0.15, 0.2) is 18.2 Å². The number of amides is 1. The van der Waals surface area contributed by atoms with Crippen LogP contribution in [0.25, 0.3) is 0 Å². The molecule has 1 aliphatic carbocycles. The molecular weight excluding hydrogens is 233 g/mol. The van der Waals surface area contributed by atoms with E-state index >= 15 is 0 Å². The van der Waals surface area contributed by atoms with Crippen molar-refractivity contribution in [1.29, 1.82) is 5.26 Å². The van der Waals surface area contributed by atoms with Gasteiger partial charge in [-0.2, -0.15) is 5.26 Å². The minimum absolute atomic E-state index is 0.0345. The van der Waals surface area contributed by atoms with Crippen molar-refractivity contribution in [2.24, 2.45) is 5.92 Å². The molecule has 0 saturated heterocycles. The van der Waals surface area contributed by atoms with Gasteiger partial charge in [-0.1, -0.05) is 0 Å². The van der Waals surface area contributed by atoms with Crippen molar-refractivity contribution >= 4 is 11.6 Å². The van der Waals surface area contributed by atoms with Crippen LogP contribution in [-0.2, 0) is 0 Å². The van der Waals surface area contributed by atoms with Crippen molar-refractivity contribution < 1.29 is 9.18 Å². The number of nitrogens with zero attached hydrogens (tertiary/aromatic N) is 1. The third kappa shape index (κ3) is 2.43. The number of nitriles is 1. The van der Waals surface area contributed by atoms with Gasteiger partial charge < -0.3 is 11.1 Å². The molecule has 5 heteroatoms. The monoisotopic (exact) mass is 247 g/mol. The second-order valence-electron chi connectivity index (χ2n) is 4.49. The number of hydrogen-bond donors (Lipinski definition) is 2. The smallest absolute Gasteiger partial charge is 0.254 e. The van der Waals surface area contributed by atoms with Gasteiger partial charge in [0, 0.05) is 11.7 Å². The highest BCUT2D eigenvalue weighted by Crippen LogP contribution is 2.25. The fourth-order valence-corrected chi connectivity index (χ4v) is 2.25. The number of carbonyl (C=O) groups is 1. The summed E-state index contributed by atoms with van der Waals surface area (Å²) < 4.78 is 13.5. The Bertz CT molecular complexity index is 509. The molecule has 3 N–H and O–H groups in total. The largest absolute Gasteiger partial charge is 0.399 e. The van der Waals surface area contributed by atoms with E-state index in [-0.39, 0.29) is 23.2 Å². The predicted octanol–water partition coefficient (Wildman–Crippen LogP) is 1.83. The van der Waals surface area contributed by atoms with Gasteiger partial charge in [-0.3, -0.25) is 4.79 Å². The molecule has 1 aliphatic rings. The number of carbonyl (C=O) groups excluding carboxylic acids is 1. The van der Waals surface area contributed by atoms with E-state index in [0.29, 0.717) is 0 Å². The van der Waals surface area contributed by atoms with E-state index in [2.05, 4.69) is 11.4 Å².